The van der Waals surface area contributed by atoms with Crippen molar-refractivity contribution < 1.29 is 9.05 Å². The van der Waals surface area contributed by atoms with E-state index in [1.165, 1.54) is 0 Å². The van der Waals surface area contributed by atoms with Crippen molar-refractivity contribution in [2.24, 2.45) is 0 Å². The Bertz CT molecular complexity index is 330. The van der Waals surface area contributed by atoms with Crippen LogP contribution in [0.25, 0.3) is 0 Å². The zero-order chi connectivity index (χ0) is 11.1. The summed E-state index contributed by atoms with van der Waals surface area (Å²) in [5.74, 6) is 0. The van der Waals surface area contributed by atoms with Crippen LogP contribution in [0.2, 0.25) is 0 Å². The van der Waals surface area contributed by atoms with Crippen molar-refractivity contribution in [2.45, 2.75) is 38.9 Å². The molecule has 0 unspecified atom stereocenters. The highest BCUT2D eigenvalue weighted by Crippen LogP contribution is 2.56. The Morgan fingerprint density at radius 1 is 0.867 bits per heavy atom. The van der Waals surface area contributed by atoms with Crippen LogP contribution in [-0.4, -0.2) is 11.2 Å². The van der Waals surface area contributed by atoms with Crippen LogP contribution < -0.4 is 5.30 Å². The Hall–Kier alpha value is -0.430. The van der Waals surface area contributed by atoms with Crippen molar-refractivity contribution in [1.82, 2.24) is 0 Å². The highest BCUT2D eigenvalue weighted by atomic mass is 31.2. The van der Waals surface area contributed by atoms with E-state index in [0.29, 0.717) is 0 Å². The lowest BCUT2D eigenvalue weighted by molar-refractivity contribution is 0.00578. The maximum Gasteiger partial charge on any atom is 0.206 e. The lowest BCUT2D eigenvalue weighted by Crippen LogP contribution is -2.41. The van der Waals surface area contributed by atoms with Crippen LogP contribution in [0.5, 0.6) is 0 Å². The molecule has 0 saturated carbocycles. The molecule has 0 aliphatic carbocycles. The summed E-state index contributed by atoms with van der Waals surface area (Å²) >= 11 is 0. The van der Waals surface area contributed by atoms with Crippen LogP contribution >= 0.6 is 8.38 Å². The standard InChI is InChI=1S/C12H17O2P/c1-11(2)12(3,4)14-15(13-11)10-8-6-5-7-9-10/h5-9H,1-4H3. The van der Waals surface area contributed by atoms with E-state index in [9.17, 15) is 0 Å². The van der Waals surface area contributed by atoms with Gasteiger partial charge in [0.25, 0.3) is 0 Å². The molecule has 15 heavy (non-hydrogen) atoms. The Balaban J connectivity index is 2.24. The first kappa shape index (κ1) is 11.1. The number of rotatable bonds is 1. The molecule has 1 aromatic carbocycles. The largest absolute Gasteiger partial charge is 0.321 e. The monoisotopic (exact) mass is 224 g/mol. The summed E-state index contributed by atoms with van der Waals surface area (Å²) in [4.78, 5) is 0. The first-order valence-electron chi connectivity index (χ1n) is 5.16. The molecule has 0 amide bonds. The molecule has 0 spiro atoms. The van der Waals surface area contributed by atoms with E-state index < -0.39 is 8.38 Å². The predicted octanol–water partition coefficient (Wildman–Crippen LogP) is 3.23. The fraction of sp³-hybridized carbons (Fsp3) is 0.500. The molecule has 1 heterocycles. The SMILES string of the molecule is CC1(C)OP(c2ccccc2)OC1(C)C. The molecule has 1 aliphatic rings. The summed E-state index contributed by atoms with van der Waals surface area (Å²) in [6.07, 6.45) is 0. The number of hydrogen-bond acceptors (Lipinski definition) is 2. The fourth-order valence-corrected chi connectivity index (χ4v) is 3.24. The molecular formula is C12H17O2P. The van der Waals surface area contributed by atoms with Crippen LogP contribution in [-0.2, 0) is 9.05 Å². The third-order valence-electron chi connectivity index (χ3n) is 3.04. The minimum Gasteiger partial charge on any atom is -0.321 e. The van der Waals surface area contributed by atoms with Gasteiger partial charge in [-0.2, -0.15) is 0 Å². The van der Waals surface area contributed by atoms with E-state index in [1.54, 1.807) is 0 Å². The minimum atomic E-state index is -0.916. The third-order valence-corrected chi connectivity index (χ3v) is 5.00. The van der Waals surface area contributed by atoms with Gasteiger partial charge in [0.1, 0.15) is 0 Å². The van der Waals surface area contributed by atoms with Crippen molar-refractivity contribution in [3.05, 3.63) is 30.3 Å². The molecule has 0 atom stereocenters. The van der Waals surface area contributed by atoms with Crippen molar-refractivity contribution >= 4 is 13.7 Å². The van der Waals surface area contributed by atoms with Crippen molar-refractivity contribution in [3.8, 4) is 0 Å². The van der Waals surface area contributed by atoms with Gasteiger partial charge in [-0.3, -0.25) is 0 Å². The van der Waals surface area contributed by atoms with Crippen molar-refractivity contribution in [2.75, 3.05) is 0 Å². The number of hydrogen-bond donors (Lipinski definition) is 0. The van der Waals surface area contributed by atoms with Gasteiger partial charge in [0.05, 0.1) is 11.2 Å². The van der Waals surface area contributed by atoms with Gasteiger partial charge in [-0.1, -0.05) is 18.2 Å². The first-order chi connectivity index (χ1) is 6.92. The first-order valence-corrected chi connectivity index (χ1v) is 6.34. The Morgan fingerprint density at radius 3 is 1.80 bits per heavy atom. The van der Waals surface area contributed by atoms with E-state index in [1.807, 2.05) is 18.2 Å². The van der Waals surface area contributed by atoms with Gasteiger partial charge in [0, 0.05) is 5.30 Å². The second-order valence-electron chi connectivity index (χ2n) is 4.80. The Morgan fingerprint density at radius 2 is 1.33 bits per heavy atom. The van der Waals surface area contributed by atoms with Gasteiger partial charge in [0.2, 0.25) is 8.38 Å². The summed E-state index contributed by atoms with van der Waals surface area (Å²) in [6, 6.07) is 10.2. The van der Waals surface area contributed by atoms with Crippen molar-refractivity contribution in [3.63, 3.8) is 0 Å². The molecule has 0 N–H and O–H groups in total. The normalized spacial score (nSPS) is 24.3. The molecule has 2 nitrogen and oxygen atoms in total. The van der Waals surface area contributed by atoms with Gasteiger partial charge in [-0.25, -0.2) is 0 Å². The molecule has 2 rings (SSSR count). The summed E-state index contributed by atoms with van der Waals surface area (Å²) in [5, 5.41) is 1.14. The summed E-state index contributed by atoms with van der Waals surface area (Å²) in [7, 11) is -0.916. The predicted molar refractivity (Wildman–Crippen MR) is 63.3 cm³/mol. The quantitative estimate of drug-likeness (QED) is 0.682. The van der Waals surface area contributed by atoms with E-state index in [2.05, 4.69) is 39.8 Å². The Labute approximate surface area is 92.5 Å². The fourth-order valence-electron chi connectivity index (χ4n) is 1.31. The van der Waals surface area contributed by atoms with Crippen LogP contribution in [0.1, 0.15) is 27.7 Å². The smallest absolute Gasteiger partial charge is 0.206 e. The lowest BCUT2D eigenvalue weighted by Gasteiger charge is -2.29. The second-order valence-corrected chi connectivity index (χ2v) is 6.19. The van der Waals surface area contributed by atoms with Crippen LogP contribution in [0.15, 0.2) is 30.3 Å². The van der Waals surface area contributed by atoms with Crippen LogP contribution in [0, 0.1) is 0 Å². The van der Waals surface area contributed by atoms with Gasteiger partial charge < -0.3 is 9.05 Å². The maximum atomic E-state index is 5.99. The van der Waals surface area contributed by atoms with Crippen LogP contribution in [0.4, 0.5) is 0 Å². The zero-order valence-electron chi connectivity index (χ0n) is 9.65. The highest BCUT2D eigenvalue weighted by Gasteiger charge is 2.50. The second kappa shape index (κ2) is 3.55. The topological polar surface area (TPSA) is 18.5 Å². The molecule has 82 valence electrons. The Kier molecular flexibility index (Phi) is 2.62. The molecule has 0 bridgehead atoms. The highest BCUT2D eigenvalue weighted by molar-refractivity contribution is 7.56. The summed E-state index contributed by atoms with van der Waals surface area (Å²) in [6.45, 7) is 8.33. The molecular weight excluding hydrogens is 207 g/mol. The molecule has 0 aromatic heterocycles. The van der Waals surface area contributed by atoms with E-state index in [4.69, 9.17) is 9.05 Å². The van der Waals surface area contributed by atoms with Crippen LogP contribution in [0.3, 0.4) is 0 Å². The van der Waals surface area contributed by atoms with E-state index in [0.717, 1.165) is 5.30 Å². The zero-order valence-corrected chi connectivity index (χ0v) is 10.5. The van der Waals surface area contributed by atoms with Gasteiger partial charge >= 0.3 is 0 Å². The average molecular weight is 224 g/mol. The third kappa shape index (κ3) is 1.94. The molecule has 1 aliphatic heterocycles. The molecule has 1 fully saturated rings. The molecule has 1 saturated heterocycles. The van der Waals surface area contributed by atoms with Gasteiger partial charge in [-0.15, -0.1) is 0 Å². The van der Waals surface area contributed by atoms with Crippen molar-refractivity contribution in [1.29, 1.82) is 0 Å². The minimum absolute atomic E-state index is 0.228. The summed E-state index contributed by atoms with van der Waals surface area (Å²) < 4.78 is 12.0. The maximum absolute atomic E-state index is 5.99. The molecule has 1 aromatic rings. The molecule has 0 radical (unpaired) electrons. The number of benzene rings is 1. The molecule has 3 heteroatoms. The summed E-state index contributed by atoms with van der Waals surface area (Å²) in [5.41, 5.74) is -0.455. The average Bonchev–Trinajstić information content (AvgIpc) is 2.38. The van der Waals surface area contributed by atoms with E-state index in [-0.39, 0.29) is 11.2 Å². The van der Waals surface area contributed by atoms with Gasteiger partial charge in [-0.05, 0) is 39.8 Å². The van der Waals surface area contributed by atoms with E-state index >= 15 is 0 Å². The van der Waals surface area contributed by atoms with Gasteiger partial charge in [0.15, 0.2) is 0 Å². The lowest BCUT2D eigenvalue weighted by atomic mass is 9.90.